The fraction of sp³-hybridized carbons (Fsp3) is 0.308. The molecule has 1 aliphatic rings. The third-order valence-electron chi connectivity index (χ3n) is 2.98. The first kappa shape index (κ1) is 11.2. The monoisotopic (exact) mass is 250 g/mol. The van der Waals surface area contributed by atoms with E-state index in [2.05, 4.69) is 9.84 Å². The zero-order valence-corrected chi connectivity index (χ0v) is 9.59. The van der Waals surface area contributed by atoms with Crippen LogP contribution in [0.15, 0.2) is 36.7 Å². The van der Waals surface area contributed by atoms with Gasteiger partial charge in [0.1, 0.15) is 5.69 Å². The minimum Gasteiger partial charge on any atom is -0.433 e. The van der Waals surface area contributed by atoms with Crippen molar-refractivity contribution in [3.63, 3.8) is 0 Å². The lowest BCUT2D eigenvalue weighted by molar-refractivity contribution is -0.0499. The summed E-state index contributed by atoms with van der Waals surface area (Å²) in [5.74, 6) is 0.722. The number of halogens is 2. The van der Waals surface area contributed by atoms with Gasteiger partial charge in [0.2, 0.25) is 0 Å². The average Bonchev–Trinajstić information content (AvgIpc) is 3.08. The van der Waals surface area contributed by atoms with Crippen molar-refractivity contribution in [2.75, 3.05) is 0 Å². The SMILES string of the molecule is FC(F)Oc1ccccc1-n1cc(C2CC2)cn1. The summed E-state index contributed by atoms with van der Waals surface area (Å²) in [6.07, 6.45) is 6.03. The Balaban J connectivity index is 1.93. The number of hydrogen-bond acceptors (Lipinski definition) is 2. The molecule has 5 heteroatoms. The van der Waals surface area contributed by atoms with Crippen molar-refractivity contribution >= 4 is 0 Å². The molecule has 3 nitrogen and oxygen atoms in total. The first-order chi connectivity index (χ1) is 8.74. The normalized spacial score (nSPS) is 15.1. The predicted molar refractivity (Wildman–Crippen MR) is 62.2 cm³/mol. The van der Waals surface area contributed by atoms with E-state index in [1.54, 1.807) is 29.1 Å². The molecule has 3 rings (SSSR count). The Hall–Kier alpha value is -1.91. The molecule has 1 saturated carbocycles. The maximum Gasteiger partial charge on any atom is 0.387 e. The summed E-state index contributed by atoms with van der Waals surface area (Å²) >= 11 is 0. The van der Waals surface area contributed by atoms with Crippen molar-refractivity contribution in [3.05, 3.63) is 42.2 Å². The van der Waals surface area contributed by atoms with Gasteiger partial charge in [-0.1, -0.05) is 12.1 Å². The minimum atomic E-state index is -2.83. The molecule has 0 spiro atoms. The van der Waals surface area contributed by atoms with Gasteiger partial charge in [-0.3, -0.25) is 0 Å². The molecular weight excluding hydrogens is 238 g/mol. The van der Waals surface area contributed by atoms with E-state index in [0.717, 1.165) is 5.56 Å². The van der Waals surface area contributed by atoms with Gasteiger partial charge in [0.05, 0.1) is 6.20 Å². The maximum absolute atomic E-state index is 12.3. The lowest BCUT2D eigenvalue weighted by atomic mass is 10.2. The molecule has 1 aromatic heterocycles. The summed E-state index contributed by atoms with van der Waals surface area (Å²) in [7, 11) is 0. The fourth-order valence-corrected chi connectivity index (χ4v) is 1.94. The highest BCUT2D eigenvalue weighted by Crippen LogP contribution is 2.40. The molecule has 18 heavy (non-hydrogen) atoms. The maximum atomic E-state index is 12.3. The lowest BCUT2D eigenvalue weighted by Crippen LogP contribution is -2.06. The molecule has 0 saturated heterocycles. The van der Waals surface area contributed by atoms with Gasteiger partial charge in [-0.2, -0.15) is 13.9 Å². The second kappa shape index (κ2) is 4.40. The molecule has 0 N–H and O–H groups in total. The molecule has 1 fully saturated rings. The molecule has 2 aromatic rings. The second-order valence-corrected chi connectivity index (χ2v) is 4.34. The van der Waals surface area contributed by atoms with Gasteiger partial charge in [-0.05, 0) is 36.5 Å². The van der Waals surface area contributed by atoms with Crippen molar-refractivity contribution in [1.29, 1.82) is 0 Å². The third kappa shape index (κ3) is 2.20. The Kier molecular flexibility index (Phi) is 2.74. The molecular formula is C13H12F2N2O. The Morgan fingerprint density at radius 1 is 1.28 bits per heavy atom. The summed E-state index contributed by atoms with van der Waals surface area (Å²) in [4.78, 5) is 0. The van der Waals surface area contributed by atoms with Crippen molar-refractivity contribution in [2.45, 2.75) is 25.4 Å². The fourth-order valence-electron chi connectivity index (χ4n) is 1.94. The zero-order valence-electron chi connectivity index (χ0n) is 9.59. The number of aromatic nitrogens is 2. The smallest absolute Gasteiger partial charge is 0.387 e. The lowest BCUT2D eigenvalue weighted by Gasteiger charge is -2.09. The van der Waals surface area contributed by atoms with Gasteiger partial charge in [-0.15, -0.1) is 0 Å². The molecule has 1 heterocycles. The van der Waals surface area contributed by atoms with Gasteiger partial charge >= 0.3 is 6.61 Å². The van der Waals surface area contributed by atoms with Crippen LogP contribution in [-0.2, 0) is 0 Å². The number of rotatable bonds is 4. The number of ether oxygens (including phenoxy) is 1. The molecule has 1 aromatic carbocycles. The summed E-state index contributed by atoms with van der Waals surface area (Å²) in [5.41, 5.74) is 1.69. The summed E-state index contributed by atoms with van der Waals surface area (Å²) in [6, 6.07) is 6.65. The van der Waals surface area contributed by atoms with Crippen LogP contribution >= 0.6 is 0 Å². The van der Waals surface area contributed by atoms with Crippen LogP contribution < -0.4 is 4.74 Å². The molecule has 0 aliphatic heterocycles. The first-order valence-electron chi connectivity index (χ1n) is 5.83. The highest BCUT2D eigenvalue weighted by molar-refractivity contribution is 5.46. The zero-order chi connectivity index (χ0) is 12.5. The first-order valence-corrected chi connectivity index (χ1v) is 5.83. The van der Waals surface area contributed by atoms with Crippen LogP contribution in [0, 0.1) is 0 Å². The van der Waals surface area contributed by atoms with Crippen LogP contribution in [-0.4, -0.2) is 16.4 Å². The van der Waals surface area contributed by atoms with Crippen LogP contribution in [0.25, 0.3) is 5.69 Å². The Labute approximate surface area is 103 Å². The summed E-state index contributed by atoms with van der Waals surface area (Å²) < 4.78 is 30.7. The van der Waals surface area contributed by atoms with E-state index >= 15 is 0 Å². The molecule has 1 aliphatic carbocycles. The van der Waals surface area contributed by atoms with E-state index in [4.69, 9.17) is 0 Å². The molecule has 0 radical (unpaired) electrons. The van der Waals surface area contributed by atoms with Gasteiger partial charge in [0, 0.05) is 6.20 Å². The van der Waals surface area contributed by atoms with E-state index < -0.39 is 6.61 Å². The molecule has 0 atom stereocenters. The second-order valence-electron chi connectivity index (χ2n) is 4.34. The number of alkyl halides is 2. The van der Waals surface area contributed by atoms with Crippen molar-refractivity contribution in [3.8, 4) is 11.4 Å². The Morgan fingerprint density at radius 2 is 2.06 bits per heavy atom. The van der Waals surface area contributed by atoms with Crippen molar-refractivity contribution in [2.24, 2.45) is 0 Å². The molecule has 94 valence electrons. The average molecular weight is 250 g/mol. The van der Waals surface area contributed by atoms with Crippen molar-refractivity contribution < 1.29 is 13.5 Å². The molecule has 0 unspecified atom stereocenters. The highest BCUT2D eigenvalue weighted by Gasteiger charge is 2.25. The van der Waals surface area contributed by atoms with Gasteiger partial charge in [0.15, 0.2) is 5.75 Å². The van der Waals surface area contributed by atoms with Gasteiger partial charge < -0.3 is 4.74 Å². The summed E-state index contributed by atoms with van der Waals surface area (Å²) in [6.45, 7) is -2.83. The number of benzene rings is 1. The van der Waals surface area contributed by atoms with Crippen LogP contribution in [0.2, 0.25) is 0 Å². The molecule has 0 amide bonds. The van der Waals surface area contributed by atoms with Gasteiger partial charge in [-0.25, -0.2) is 4.68 Å². The Bertz CT molecular complexity index is 549. The minimum absolute atomic E-state index is 0.137. The van der Waals surface area contributed by atoms with E-state index in [1.807, 2.05) is 6.20 Å². The number of hydrogen-bond donors (Lipinski definition) is 0. The Morgan fingerprint density at radius 3 is 2.78 bits per heavy atom. The van der Waals surface area contributed by atoms with Gasteiger partial charge in [0.25, 0.3) is 0 Å². The standard InChI is InChI=1S/C13H12F2N2O/c14-13(15)18-12-4-2-1-3-11(12)17-8-10(7-16-17)9-5-6-9/h1-4,7-9,13H,5-6H2. The van der Waals surface area contributed by atoms with Crippen LogP contribution in [0.4, 0.5) is 8.78 Å². The number of nitrogens with zero attached hydrogens (tertiary/aromatic N) is 2. The third-order valence-corrected chi connectivity index (χ3v) is 2.98. The van der Waals surface area contributed by atoms with E-state index in [9.17, 15) is 8.78 Å². The largest absolute Gasteiger partial charge is 0.433 e. The highest BCUT2D eigenvalue weighted by atomic mass is 19.3. The quantitative estimate of drug-likeness (QED) is 0.832. The van der Waals surface area contributed by atoms with E-state index in [0.29, 0.717) is 11.6 Å². The van der Waals surface area contributed by atoms with E-state index in [-0.39, 0.29) is 5.75 Å². The van der Waals surface area contributed by atoms with E-state index in [1.165, 1.54) is 18.9 Å². The van der Waals surface area contributed by atoms with Crippen LogP contribution in [0.3, 0.4) is 0 Å². The molecule has 0 bridgehead atoms. The van der Waals surface area contributed by atoms with Crippen LogP contribution in [0.1, 0.15) is 24.3 Å². The topological polar surface area (TPSA) is 27.1 Å². The van der Waals surface area contributed by atoms with Crippen LogP contribution in [0.5, 0.6) is 5.75 Å². The van der Waals surface area contributed by atoms with Crippen molar-refractivity contribution in [1.82, 2.24) is 9.78 Å². The number of para-hydroxylation sites is 2. The summed E-state index contributed by atoms with van der Waals surface area (Å²) in [5, 5.41) is 4.21. The predicted octanol–water partition coefficient (Wildman–Crippen LogP) is 3.35.